The molecule has 0 radical (unpaired) electrons. The highest BCUT2D eigenvalue weighted by atomic mass is 19.1. The van der Waals surface area contributed by atoms with E-state index >= 15 is 0 Å². The molecule has 1 saturated heterocycles. The number of fused-ring (bicyclic) bond motifs is 1. The minimum Gasteiger partial charge on any atom is -0.478 e. The second kappa shape index (κ2) is 8.47. The third-order valence-corrected chi connectivity index (χ3v) is 5.38. The van der Waals surface area contributed by atoms with Crippen molar-refractivity contribution >= 4 is 17.5 Å². The van der Waals surface area contributed by atoms with Gasteiger partial charge in [0.05, 0.1) is 23.5 Å². The largest absolute Gasteiger partial charge is 0.478 e. The Balaban J connectivity index is 1.65. The lowest BCUT2D eigenvalue weighted by Crippen LogP contribution is -2.40. The van der Waals surface area contributed by atoms with E-state index in [0.717, 1.165) is 12.8 Å². The van der Waals surface area contributed by atoms with E-state index in [-0.39, 0.29) is 29.6 Å². The lowest BCUT2D eigenvalue weighted by molar-refractivity contribution is -0.131. The summed E-state index contributed by atoms with van der Waals surface area (Å²) in [5.41, 5.74) is 1.30. The van der Waals surface area contributed by atoms with Crippen LogP contribution < -0.4 is 0 Å². The molecule has 31 heavy (non-hydrogen) atoms. The van der Waals surface area contributed by atoms with E-state index < -0.39 is 11.8 Å². The summed E-state index contributed by atoms with van der Waals surface area (Å²) in [6.45, 7) is 1.03. The number of nitrogens with zero attached hydrogens (tertiary/aromatic N) is 6. The predicted octanol–water partition coefficient (Wildman–Crippen LogP) is 2.32. The molecule has 4 rings (SSSR count). The number of imidazole rings is 1. The number of hydrogen-bond donors (Lipinski definition) is 1. The maximum atomic E-state index is 13.7. The quantitative estimate of drug-likeness (QED) is 0.669. The van der Waals surface area contributed by atoms with Gasteiger partial charge in [-0.05, 0) is 37.3 Å². The Hall–Kier alpha value is -3.87. The number of carboxylic acids is 1. The number of carbonyl (C=O) groups excluding carboxylic acids is 1. The van der Waals surface area contributed by atoms with Gasteiger partial charge in [-0.2, -0.15) is 5.26 Å². The number of pyridine rings is 1. The van der Waals surface area contributed by atoms with Crippen molar-refractivity contribution < 1.29 is 19.1 Å². The molecule has 158 valence electrons. The monoisotopic (exact) mass is 422 g/mol. The average molecular weight is 422 g/mol. The van der Waals surface area contributed by atoms with Crippen molar-refractivity contribution in [2.24, 2.45) is 5.92 Å². The SMILES string of the molecule is N#CCC(=O)N1CCC[C@@H](Cc2nc(-c3cnc4ccc(F)cn34)ncc2C(=O)O)C1. The zero-order valence-corrected chi connectivity index (χ0v) is 16.5. The zero-order chi connectivity index (χ0) is 22.0. The highest BCUT2D eigenvalue weighted by Crippen LogP contribution is 2.24. The molecule has 1 amide bonds. The van der Waals surface area contributed by atoms with Crippen molar-refractivity contribution in [2.45, 2.75) is 25.7 Å². The fourth-order valence-electron chi connectivity index (χ4n) is 3.91. The summed E-state index contributed by atoms with van der Waals surface area (Å²) in [6.07, 6.45) is 5.79. The Labute approximate surface area is 176 Å². The number of carboxylic acid groups (broad SMARTS) is 1. The molecule has 1 N–H and O–H groups in total. The summed E-state index contributed by atoms with van der Waals surface area (Å²) in [4.78, 5) is 38.3. The van der Waals surface area contributed by atoms with Crippen molar-refractivity contribution in [3.8, 4) is 17.6 Å². The number of rotatable bonds is 5. The van der Waals surface area contributed by atoms with Crippen LogP contribution in [0.3, 0.4) is 0 Å². The van der Waals surface area contributed by atoms with Crippen molar-refractivity contribution in [3.63, 3.8) is 0 Å². The fraction of sp³-hybridized carbons (Fsp3) is 0.333. The Morgan fingerprint density at radius 3 is 2.90 bits per heavy atom. The van der Waals surface area contributed by atoms with Gasteiger partial charge in [0.2, 0.25) is 5.91 Å². The normalized spacial score (nSPS) is 16.3. The molecule has 0 aliphatic carbocycles. The van der Waals surface area contributed by atoms with Gasteiger partial charge in [-0.25, -0.2) is 24.1 Å². The van der Waals surface area contributed by atoms with Crippen LogP contribution in [0.4, 0.5) is 4.39 Å². The van der Waals surface area contributed by atoms with Gasteiger partial charge >= 0.3 is 5.97 Å². The molecule has 0 saturated carbocycles. The maximum absolute atomic E-state index is 13.7. The van der Waals surface area contributed by atoms with Gasteiger partial charge in [0.25, 0.3) is 0 Å². The van der Waals surface area contributed by atoms with Crippen molar-refractivity contribution in [1.29, 1.82) is 5.26 Å². The minimum absolute atomic E-state index is 0.00998. The molecular formula is C21H19FN6O3. The van der Waals surface area contributed by atoms with E-state index in [1.807, 2.05) is 6.07 Å². The number of likely N-dealkylation sites (tertiary alicyclic amines) is 1. The number of nitriles is 1. The highest BCUT2D eigenvalue weighted by molar-refractivity contribution is 5.88. The van der Waals surface area contributed by atoms with E-state index in [9.17, 15) is 19.1 Å². The molecular weight excluding hydrogens is 403 g/mol. The van der Waals surface area contributed by atoms with Crippen LogP contribution in [0.1, 0.15) is 35.3 Å². The van der Waals surface area contributed by atoms with E-state index in [1.165, 1.54) is 35.1 Å². The van der Waals surface area contributed by atoms with Crippen LogP contribution in [0, 0.1) is 23.1 Å². The van der Waals surface area contributed by atoms with E-state index in [1.54, 1.807) is 4.90 Å². The molecule has 1 atom stereocenters. The van der Waals surface area contributed by atoms with Gasteiger partial charge in [-0.15, -0.1) is 0 Å². The van der Waals surface area contributed by atoms with Crippen molar-refractivity contribution in [1.82, 2.24) is 24.3 Å². The first kappa shape index (κ1) is 20.4. The first-order valence-corrected chi connectivity index (χ1v) is 9.83. The molecule has 9 nitrogen and oxygen atoms in total. The average Bonchev–Trinajstić information content (AvgIpc) is 3.17. The summed E-state index contributed by atoms with van der Waals surface area (Å²) in [5, 5.41) is 18.4. The Morgan fingerprint density at radius 1 is 1.29 bits per heavy atom. The molecule has 1 aliphatic heterocycles. The molecule has 3 aromatic rings. The van der Waals surface area contributed by atoms with Crippen LogP contribution in [-0.4, -0.2) is 54.3 Å². The topological polar surface area (TPSA) is 124 Å². The van der Waals surface area contributed by atoms with Crippen LogP contribution in [0.2, 0.25) is 0 Å². The molecule has 1 aliphatic rings. The number of halogens is 1. The van der Waals surface area contributed by atoms with Crippen molar-refractivity contribution in [2.75, 3.05) is 13.1 Å². The van der Waals surface area contributed by atoms with Gasteiger partial charge in [-0.1, -0.05) is 0 Å². The Morgan fingerprint density at radius 2 is 2.13 bits per heavy atom. The summed E-state index contributed by atoms with van der Waals surface area (Å²) in [7, 11) is 0. The van der Waals surface area contributed by atoms with Crippen LogP contribution in [-0.2, 0) is 11.2 Å². The highest BCUT2D eigenvalue weighted by Gasteiger charge is 2.26. The molecule has 0 bridgehead atoms. The fourth-order valence-corrected chi connectivity index (χ4v) is 3.91. The second-order valence-corrected chi connectivity index (χ2v) is 7.47. The first-order valence-electron chi connectivity index (χ1n) is 9.83. The number of piperidine rings is 1. The molecule has 0 unspecified atom stereocenters. The Kier molecular flexibility index (Phi) is 5.58. The second-order valence-electron chi connectivity index (χ2n) is 7.47. The van der Waals surface area contributed by atoms with E-state index in [0.29, 0.717) is 36.5 Å². The lowest BCUT2D eigenvalue weighted by atomic mass is 9.92. The maximum Gasteiger partial charge on any atom is 0.339 e. The lowest BCUT2D eigenvalue weighted by Gasteiger charge is -2.32. The smallest absolute Gasteiger partial charge is 0.339 e. The van der Waals surface area contributed by atoms with Crippen LogP contribution in [0.5, 0.6) is 0 Å². The number of amides is 1. The van der Waals surface area contributed by atoms with Crippen molar-refractivity contribution in [3.05, 3.63) is 47.8 Å². The third-order valence-electron chi connectivity index (χ3n) is 5.38. The van der Waals surface area contributed by atoms with Crippen LogP contribution in [0.25, 0.3) is 17.2 Å². The number of hydrogen-bond acceptors (Lipinski definition) is 6. The molecule has 3 aromatic heterocycles. The standard InChI is InChI=1S/C21H19FN6O3/c22-14-3-4-18-24-10-17(28(18)12-14)20-25-9-15(21(30)31)16(26-20)8-13-2-1-7-27(11-13)19(29)5-6-23/h3-4,9-10,12-13H,1-2,5,7-8,11H2,(H,30,31)/t13-/m0/s1. The molecule has 0 aromatic carbocycles. The predicted molar refractivity (Wildman–Crippen MR) is 106 cm³/mol. The van der Waals surface area contributed by atoms with Gasteiger partial charge in [0.15, 0.2) is 5.82 Å². The van der Waals surface area contributed by atoms with E-state index in [4.69, 9.17) is 5.26 Å². The van der Waals surface area contributed by atoms with E-state index in [2.05, 4.69) is 15.0 Å². The molecule has 1 fully saturated rings. The summed E-state index contributed by atoms with van der Waals surface area (Å²) in [6, 6.07) is 4.70. The summed E-state index contributed by atoms with van der Waals surface area (Å²) >= 11 is 0. The number of aromatic nitrogens is 4. The number of aromatic carboxylic acids is 1. The Bertz CT molecular complexity index is 1200. The number of carbonyl (C=O) groups is 2. The first-order chi connectivity index (χ1) is 15.0. The van der Waals surface area contributed by atoms with Gasteiger partial charge in [0, 0.05) is 25.5 Å². The van der Waals surface area contributed by atoms with Gasteiger partial charge in [0.1, 0.15) is 23.6 Å². The minimum atomic E-state index is -1.14. The van der Waals surface area contributed by atoms with Crippen LogP contribution in [0.15, 0.2) is 30.7 Å². The summed E-state index contributed by atoms with van der Waals surface area (Å²) < 4.78 is 15.2. The molecule has 4 heterocycles. The summed E-state index contributed by atoms with van der Waals surface area (Å²) in [5.74, 6) is -1.55. The van der Waals surface area contributed by atoms with Crippen LogP contribution >= 0.6 is 0 Å². The van der Waals surface area contributed by atoms with Gasteiger partial charge in [-0.3, -0.25) is 9.20 Å². The third kappa shape index (κ3) is 4.21. The molecule has 10 heteroatoms. The zero-order valence-electron chi connectivity index (χ0n) is 16.5. The molecule has 0 spiro atoms. The van der Waals surface area contributed by atoms with Gasteiger partial charge < -0.3 is 10.0 Å².